The topological polar surface area (TPSA) is 69.6 Å². The van der Waals surface area contributed by atoms with Gasteiger partial charge in [-0.25, -0.2) is 4.79 Å². The van der Waals surface area contributed by atoms with Gasteiger partial charge in [0.2, 0.25) is 0 Å². The minimum absolute atomic E-state index is 0.123. The molecule has 0 saturated heterocycles. The van der Waals surface area contributed by atoms with Crippen LogP contribution in [0.5, 0.6) is 0 Å². The van der Waals surface area contributed by atoms with Crippen LogP contribution in [-0.2, 0) is 4.79 Å². The molecule has 1 aliphatic rings. The van der Waals surface area contributed by atoms with E-state index in [1.165, 1.54) is 4.90 Å². The quantitative estimate of drug-likeness (QED) is 0.788. The van der Waals surface area contributed by atoms with Crippen LogP contribution in [0.15, 0.2) is 24.3 Å². The molecular weight excluding hydrogens is 244 g/mol. The number of aliphatic carboxylic acids is 1. The normalized spacial score (nSPS) is 18.3. The number of carboxylic acid groups (broad SMARTS) is 1. The second kappa shape index (κ2) is 5.02. The Morgan fingerprint density at radius 2 is 2.21 bits per heavy atom. The Hall–Kier alpha value is -2.48. The van der Waals surface area contributed by atoms with Gasteiger partial charge in [0.05, 0.1) is 6.04 Å². The number of fused-ring (bicyclic) bond motifs is 1. The lowest BCUT2D eigenvalue weighted by atomic mass is 10.0. The number of terminal acetylenes is 1. The molecule has 2 amide bonds. The van der Waals surface area contributed by atoms with Crippen molar-refractivity contribution >= 4 is 17.7 Å². The molecule has 5 nitrogen and oxygen atoms in total. The number of rotatable bonds is 2. The van der Waals surface area contributed by atoms with Crippen LogP contribution < -0.4 is 10.2 Å². The van der Waals surface area contributed by atoms with Crippen molar-refractivity contribution in [2.75, 3.05) is 11.4 Å². The third-order valence-corrected chi connectivity index (χ3v) is 3.10. The zero-order chi connectivity index (χ0) is 14.0. The van der Waals surface area contributed by atoms with Crippen LogP contribution in [0.4, 0.5) is 10.5 Å². The molecule has 0 aromatic heterocycles. The number of carbonyl (C=O) groups excluding carboxylic acids is 1. The van der Waals surface area contributed by atoms with Gasteiger partial charge < -0.3 is 10.4 Å². The Kier molecular flexibility index (Phi) is 3.43. The number of carbonyl (C=O) groups is 2. The number of anilines is 1. The van der Waals surface area contributed by atoms with Gasteiger partial charge >= 0.3 is 12.0 Å². The molecule has 98 valence electrons. The van der Waals surface area contributed by atoms with Crippen molar-refractivity contribution in [3.63, 3.8) is 0 Å². The summed E-state index contributed by atoms with van der Waals surface area (Å²) in [6.07, 6.45) is 5.21. The molecular formula is C14H14N2O3. The highest BCUT2D eigenvalue weighted by Crippen LogP contribution is 2.36. The summed E-state index contributed by atoms with van der Waals surface area (Å²) in [5.74, 6) is 0.773. The lowest BCUT2D eigenvalue weighted by Crippen LogP contribution is -2.43. The van der Waals surface area contributed by atoms with Gasteiger partial charge in [0.25, 0.3) is 0 Å². The Morgan fingerprint density at radius 3 is 2.84 bits per heavy atom. The lowest BCUT2D eigenvalue weighted by molar-refractivity contribution is -0.138. The third kappa shape index (κ3) is 2.38. The number of nitrogens with zero attached hydrogens (tertiary/aromatic N) is 1. The molecule has 2 rings (SSSR count). The van der Waals surface area contributed by atoms with E-state index < -0.39 is 17.9 Å². The van der Waals surface area contributed by atoms with Gasteiger partial charge in [-0.1, -0.05) is 24.1 Å². The highest BCUT2D eigenvalue weighted by atomic mass is 16.4. The smallest absolute Gasteiger partial charge is 0.322 e. The van der Waals surface area contributed by atoms with E-state index in [4.69, 9.17) is 6.42 Å². The van der Waals surface area contributed by atoms with Crippen molar-refractivity contribution in [2.45, 2.75) is 18.9 Å². The Balaban J connectivity index is 2.28. The molecule has 0 spiro atoms. The Bertz CT molecular complexity index is 562. The number of urea groups is 1. The van der Waals surface area contributed by atoms with E-state index in [-0.39, 0.29) is 12.6 Å². The van der Waals surface area contributed by atoms with Crippen molar-refractivity contribution in [1.82, 2.24) is 5.32 Å². The predicted octanol–water partition coefficient (Wildman–Crippen LogP) is 1.41. The maximum Gasteiger partial charge on any atom is 0.322 e. The fourth-order valence-electron chi connectivity index (χ4n) is 2.12. The Morgan fingerprint density at radius 1 is 1.53 bits per heavy atom. The minimum atomic E-state index is -0.937. The van der Waals surface area contributed by atoms with E-state index in [1.54, 1.807) is 31.2 Å². The van der Waals surface area contributed by atoms with Gasteiger partial charge in [0.1, 0.15) is 5.92 Å². The first kappa shape index (κ1) is 13.0. The van der Waals surface area contributed by atoms with E-state index in [2.05, 4.69) is 11.2 Å². The first-order chi connectivity index (χ1) is 9.04. The van der Waals surface area contributed by atoms with Crippen molar-refractivity contribution in [3.05, 3.63) is 29.8 Å². The van der Waals surface area contributed by atoms with Crippen molar-refractivity contribution in [3.8, 4) is 12.3 Å². The summed E-state index contributed by atoms with van der Waals surface area (Å²) in [6, 6.07) is 6.23. The second-order valence-electron chi connectivity index (χ2n) is 4.40. The number of para-hydroxylation sites is 1. The van der Waals surface area contributed by atoms with Gasteiger partial charge in [0.15, 0.2) is 0 Å². The molecule has 1 aromatic carbocycles. The molecule has 1 heterocycles. The van der Waals surface area contributed by atoms with Crippen molar-refractivity contribution in [1.29, 1.82) is 0 Å². The molecule has 5 heteroatoms. The van der Waals surface area contributed by atoms with E-state index in [9.17, 15) is 14.7 Å². The number of amides is 2. The van der Waals surface area contributed by atoms with Gasteiger partial charge in [-0.15, -0.1) is 6.42 Å². The molecule has 1 aromatic rings. The van der Waals surface area contributed by atoms with Crippen LogP contribution in [0.3, 0.4) is 0 Å². The molecule has 2 unspecified atom stereocenters. The SMILES string of the molecule is C#CC(C)NC(=O)N1CC(C(=O)O)c2ccccc21. The monoisotopic (exact) mass is 258 g/mol. The van der Waals surface area contributed by atoms with Gasteiger partial charge in [-0.05, 0) is 18.6 Å². The van der Waals surface area contributed by atoms with Crippen LogP contribution in [0.1, 0.15) is 18.4 Å². The fraction of sp³-hybridized carbons (Fsp3) is 0.286. The number of benzene rings is 1. The zero-order valence-corrected chi connectivity index (χ0v) is 10.5. The first-order valence-electron chi connectivity index (χ1n) is 5.90. The second-order valence-corrected chi connectivity index (χ2v) is 4.40. The molecule has 0 bridgehead atoms. The number of hydrogen-bond donors (Lipinski definition) is 2. The molecule has 0 saturated carbocycles. The predicted molar refractivity (Wildman–Crippen MR) is 71.0 cm³/mol. The molecule has 0 aliphatic carbocycles. The number of carboxylic acids is 1. The first-order valence-corrected chi connectivity index (χ1v) is 5.90. The van der Waals surface area contributed by atoms with E-state index >= 15 is 0 Å². The van der Waals surface area contributed by atoms with Crippen LogP contribution in [0.25, 0.3) is 0 Å². The van der Waals surface area contributed by atoms with Crippen LogP contribution >= 0.6 is 0 Å². The standard InChI is InChI=1S/C14H14N2O3/c1-3-9(2)15-14(19)16-8-11(13(17)18)10-6-4-5-7-12(10)16/h1,4-7,9,11H,8H2,2H3,(H,15,19)(H,17,18). The molecule has 1 aliphatic heterocycles. The average Bonchev–Trinajstić information content (AvgIpc) is 2.78. The summed E-state index contributed by atoms with van der Waals surface area (Å²) < 4.78 is 0. The van der Waals surface area contributed by atoms with Gasteiger partial charge in [0, 0.05) is 12.2 Å². The molecule has 2 N–H and O–H groups in total. The molecule has 2 atom stereocenters. The number of hydrogen-bond acceptors (Lipinski definition) is 2. The highest BCUT2D eigenvalue weighted by molar-refractivity contribution is 5.98. The third-order valence-electron chi connectivity index (χ3n) is 3.10. The summed E-state index contributed by atoms with van der Waals surface area (Å²) in [5, 5.41) is 11.8. The van der Waals surface area contributed by atoms with E-state index in [0.29, 0.717) is 11.3 Å². The molecule has 0 fully saturated rings. The van der Waals surface area contributed by atoms with Crippen LogP contribution in [0.2, 0.25) is 0 Å². The summed E-state index contributed by atoms with van der Waals surface area (Å²) in [7, 11) is 0. The Labute approximate surface area is 111 Å². The fourth-order valence-corrected chi connectivity index (χ4v) is 2.12. The van der Waals surface area contributed by atoms with Gasteiger partial charge in [-0.2, -0.15) is 0 Å². The highest BCUT2D eigenvalue weighted by Gasteiger charge is 2.36. The van der Waals surface area contributed by atoms with Gasteiger partial charge in [-0.3, -0.25) is 9.69 Å². The zero-order valence-electron chi connectivity index (χ0n) is 10.5. The summed E-state index contributed by atoms with van der Waals surface area (Å²) in [5.41, 5.74) is 1.27. The van der Waals surface area contributed by atoms with Crippen molar-refractivity contribution in [2.24, 2.45) is 0 Å². The van der Waals surface area contributed by atoms with E-state index in [1.807, 2.05) is 0 Å². The summed E-state index contributed by atoms with van der Waals surface area (Å²) >= 11 is 0. The van der Waals surface area contributed by atoms with Crippen LogP contribution in [-0.4, -0.2) is 29.7 Å². The molecule has 19 heavy (non-hydrogen) atoms. The summed E-state index contributed by atoms with van der Waals surface area (Å²) in [6.45, 7) is 1.81. The number of nitrogens with one attached hydrogen (secondary N) is 1. The lowest BCUT2D eigenvalue weighted by Gasteiger charge is -2.19. The summed E-state index contributed by atoms with van der Waals surface area (Å²) in [4.78, 5) is 24.7. The minimum Gasteiger partial charge on any atom is -0.481 e. The van der Waals surface area contributed by atoms with E-state index in [0.717, 1.165) is 0 Å². The average molecular weight is 258 g/mol. The molecule has 0 radical (unpaired) electrons. The van der Waals surface area contributed by atoms with Crippen molar-refractivity contribution < 1.29 is 14.7 Å². The van der Waals surface area contributed by atoms with Crippen LogP contribution in [0, 0.1) is 12.3 Å². The largest absolute Gasteiger partial charge is 0.481 e. The maximum atomic E-state index is 12.1. The maximum absolute atomic E-state index is 12.1.